The van der Waals surface area contributed by atoms with Gasteiger partial charge in [-0.05, 0) is 5.56 Å². The van der Waals surface area contributed by atoms with Crippen molar-refractivity contribution in [3.05, 3.63) is 35.9 Å². The van der Waals surface area contributed by atoms with Gasteiger partial charge in [-0.25, -0.2) is 0 Å². The van der Waals surface area contributed by atoms with Crippen molar-refractivity contribution < 1.29 is 9.53 Å². The first-order chi connectivity index (χ1) is 6.40. The number of carbonyl (C=O) groups is 1. The molecule has 0 bridgehead atoms. The second kappa shape index (κ2) is 3.71. The zero-order valence-corrected chi connectivity index (χ0v) is 7.35. The van der Waals surface area contributed by atoms with E-state index >= 15 is 0 Å². The lowest BCUT2D eigenvalue weighted by Gasteiger charge is -1.95. The fourth-order valence-corrected chi connectivity index (χ4v) is 1.51. The van der Waals surface area contributed by atoms with Crippen molar-refractivity contribution in [1.82, 2.24) is 0 Å². The van der Waals surface area contributed by atoms with Crippen molar-refractivity contribution in [3.8, 4) is 0 Å². The highest BCUT2D eigenvalue weighted by Gasteiger charge is 2.37. The van der Waals surface area contributed by atoms with Gasteiger partial charge in [0.1, 0.15) is 6.29 Å². The Morgan fingerprint density at radius 3 is 2.69 bits per heavy atom. The van der Waals surface area contributed by atoms with E-state index in [1.807, 2.05) is 18.2 Å². The summed E-state index contributed by atoms with van der Waals surface area (Å²) >= 11 is 0. The largest absolute Gasteiger partial charge is 0.369 e. The van der Waals surface area contributed by atoms with Gasteiger partial charge < -0.3 is 9.53 Å². The number of hydrogen-bond donors (Lipinski definition) is 0. The van der Waals surface area contributed by atoms with E-state index < -0.39 is 0 Å². The summed E-state index contributed by atoms with van der Waals surface area (Å²) in [4.78, 5) is 10.2. The molecular formula is C11H12O2. The minimum atomic E-state index is 0.178. The van der Waals surface area contributed by atoms with E-state index in [-0.39, 0.29) is 12.2 Å². The number of aldehydes is 1. The molecule has 68 valence electrons. The minimum Gasteiger partial charge on any atom is -0.369 e. The quantitative estimate of drug-likeness (QED) is 0.515. The molecule has 2 nitrogen and oxygen atoms in total. The van der Waals surface area contributed by atoms with Crippen LogP contribution in [-0.4, -0.2) is 18.5 Å². The van der Waals surface area contributed by atoms with Crippen LogP contribution in [0.5, 0.6) is 0 Å². The second-order valence-corrected chi connectivity index (χ2v) is 3.31. The fraction of sp³-hybridized carbons (Fsp3) is 0.364. The Kier molecular flexibility index (Phi) is 2.41. The molecule has 2 rings (SSSR count). The summed E-state index contributed by atoms with van der Waals surface area (Å²) in [6.07, 6.45) is 2.84. The monoisotopic (exact) mass is 176 g/mol. The third-order valence-corrected chi connectivity index (χ3v) is 2.30. The molecule has 0 N–H and O–H groups in total. The van der Waals surface area contributed by atoms with E-state index in [4.69, 9.17) is 4.74 Å². The van der Waals surface area contributed by atoms with E-state index in [9.17, 15) is 4.79 Å². The molecule has 13 heavy (non-hydrogen) atoms. The van der Waals surface area contributed by atoms with Crippen LogP contribution in [0.3, 0.4) is 0 Å². The lowest BCUT2D eigenvalue weighted by atomic mass is 10.1. The lowest BCUT2D eigenvalue weighted by Crippen LogP contribution is -1.98. The summed E-state index contributed by atoms with van der Waals surface area (Å²) in [5, 5.41) is 0. The molecule has 2 atom stereocenters. The van der Waals surface area contributed by atoms with E-state index in [0.717, 1.165) is 12.7 Å². The van der Waals surface area contributed by atoms with Crippen LogP contribution >= 0.6 is 0 Å². The van der Waals surface area contributed by atoms with E-state index in [2.05, 4.69) is 12.1 Å². The first-order valence-electron chi connectivity index (χ1n) is 4.53. The van der Waals surface area contributed by atoms with Crippen LogP contribution in [0, 0.1) is 0 Å². The molecule has 0 spiro atoms. The fourth-order valence-electron chi connectivity index (χ4n) is 1.51. The Morgan fingerprint density at radius 2 is 2.00 bits per heavy atom. The van der Waals surface area contributed by atoms with Gasteiger partial charge in [0.25, 0.3) is 0 Å². The number of epoxide rings is 1. The van der Waals surface area contributed by atoms with E-state index in [1.54, 1.807) is 0 Å². The average Bonchev–Trinajstić information content (AvgIpc) is 2.86. The third kappa shape index (κ3) is 2.16. The Bertz CT molecular complexity index is 281. The van der Waals surface area contributed by atoms with Gasteiger partial charge in [-0.1, -0.05) is 30.3 Å². The van der Waals surface area contributed by atoms with Crippen molar-refractivity contribution in [2.24, 2.45) is 0 Å². The molecule has 1 aliphatic rings. The molecule has 0 aliphatic carbocycles. The highest BCUT2D eigenvalue weighted by atomic mass is 16.6. The predicted molar refractivity (Wildman–Crippen MR) is 49.5 cm³/mol. The maximum Gasteiger partial charge on any atom is 0.122 e. The summed E-state index contributed by atoms with van der Waals surface area (Å²) in [5.41, 5.74) is 1.28. The van der Waals surface area contributed by atoms with Gasteiger partial charge in [0.2, 0.25) is 0 Å². The van der Waals surface area contributed by atoms with Crippen molar-refractivity contribution in [3.63, 3.8) is 0 Å². The van der Waals surface area contributed by atoms with E-state index in [0.29, 0.717) is 6.42 Å². The van der Waals surface area contributed by atoms with Gasteiger partial charge >= 0.3 is 0 Å². The highest BCUT2D eigenvalue weighted by molar-refractivity contribution is 5.51. The molecule has 1 heterocycles. The number of hydrogen-bond acceptors (Lipinski definition) is 2. The van der Waals surface area contributed by atoms with Crippen LogP contribution in [0.15, 0.2) is 30.3 Å². The molecule has 1 fully saturated rings. The molecule has 1 aromatic carbocycles. The van der Waals surface area contributed by atoms with Gasteiger partial charge in [-0.3, -0.25) is 0 Å². The van der Waals surface area contributed by atoms with Crippen molar-refractivity contribution in [2.45, 2.75) is 25.0 Å². The average molecular weight is 176 g/mol. The Labute approximate surface area is 77.5 Å². The molecule has 0 aromatic heterocycles. The highest BCUT2D eigenvalue weighted by Crippen LogP contribution is 2.27. The zero-order chi connectivity index (χ0) is 9.10. The smallest absolute Gasteiger partial charge is 0.122 e. The number of ether oxygens (including phenoxy) is 1. The maximum absolute atomic E-state index is 10.2. The molecule has 2 heteroatoms. The first-order valence-corrected chi connectivity index (χ1v) is 4.53. The van der Waals surface area contributed by atoms with Crippen molar-refractivity contribution in [2.75, 3.05) is 0 Å². The van der Waals surface area contributed by atoms with Gasteiger partial charge in [0.05, 0.1) is 12.2 Å². The van der Waals surface area contributed by atoms with Crippen LogP contribution in [0.4, 0.5) is 0 Å². The Balaban J connectivity index is 1.84. The van der Waals surface area contributed by atoms with Crippen LogP contribution in [-0.2, 0) is 16.0 Å². The first kappa shape index (κ1) is 8.45. The number of rotatable bonds is 4. The molecular weight excluding hydrogens is 164 g/mol. The van der Waals surface area contributed by atoms with Crippen LogP contribution in [0.2, 0.25) is 0 Å². The molecule has 0 radical (unpaired) electrons. The molecule has 1 saturated heterocycles. The number of carbonyl (C=O) groups excluding carboxylic acids is 1. The third-order valence-electron chi connectivity index (χ3n) is 2.30. The Morgan fingerprint density at radius 1 is 1.23 bits per heavy atom. The summed E-state index contributed by atoms with van der Waals surface area (Å²) in [6.45, 7) is 0. The van der Waals surface area contributed by atoms with Crippen molar-refractivity contribution in [1.29, 1.82) is 0 Å². The van der Waals surface area contributed by atoms with E-state index in [1.165, 1.54) is 5.56 Å². The lowest BCUT2D eigenvalue weighted by molar-refractivity contribution is -0.108. The normalized spacial score (nSPS) is 25.5. The minimum absolute atomic E-state index is 0.178. The molecule has 0 amide bonds. The molecule has 1 aromatic rings. The van der Waals surface area contributed by atoms with Gasteiger partial charge in [0, 0.05) is 12.8 Å². The molecule has 1 aliphatic heterocycles. The SMILES string of the molecule is O=CC[C@H]1O[C@@H]1Cc1ccccc1. The van der Waals surface area contributed by atoms with Crippen molar-refractivity contribution >= 4 is 6.29 Å². The summed E-state index contributed by atoms with van der Waals surface area (Å²) in [7, 11) is 0. The van der Waals surface area contributed by atoms with Crippen LogP contribution in [0.25, 0.3) is 0 Å². The second-order valence-electron chi connectivity index (χ2n) is 3.31. The topological polar surface area (TPSA) is 29.6 Å². The standard InChI is InChI=1S/C11H12O2/c12-7-6-10-11(13-10)8-9-4-2-1-3-5-9/h1-5,7,10-11H,6,8H2/t10-,11-/m1/s1. The number of benzene rings is 1. The van der Waals surface area contributed by atoms with Crippen LogP contribution < -0.4 is 0 Å². The predicted octanol–water partition coefficient (Wildman–Crippen LogP) is 1.59. The molecule has 0 unspecified atom stereocenters. The summed E-state index contributed by atoms with van der Waals surface area (Å²) in [5.74, 6) is 0. The van der Waals surface area contributed by atoms with Gasteiger partial charge in [0.15, 0.2) is 0 Å². The van der Waals surface area contributed by atoms with Crippen LogP contribution in [0.1, 0.15) is 12.0 Å². The van der Waals surface area contributed by atoms with Gasteiger partial charge in [-0.15, -0.1) is 0 Å². The molecule has 0 saturated carbocycles. The summed E-state index contributed by atoms with van der Waals surface area (Å²) < 4.78 is 5.33. The maximum atomic E-state index is 10.2. The zero-order valence-electron chi connectivity index (χ0n) is 7.35. The summed E-state index contributed by atoms with van der Waals surface area (Å²) in [6, 6.07) is 10.2. The van der Waals surface area contributed by atoms with Gasteiger partial charge in [-0.2, -0.15) is 0 Å². The Hall–Kier alpha value is -1.15.